The average Bonchev–Trinajstić information content (AvgIpc) is 2.92. The molecule has 0 aliphatic carbocycles. The first-order valence-corrected chi connectivity index (χ1v) is 11.6. The van der Waals surface area contributed by atoms with E-state index in [1.165, 1.54) is 6.07 Å². The Morgan fingerprint density at radius 1 is 0.947 bits per heavy atom. The van der Waals surface area contributed by atoms with Crippen LogP contribution in [0.5, 0.6) is 0 Å². The molecule has 2 amide bonds. The zero-order chi connectivity index (χ0) is 27.5. The second kappa shape index (κ2) is 13.8. The van der Waals surface area contributed by atoms with Crippen LogP contribution < -0.4 is 21.7 Å². The van der Waals surface area contributed by atoms with Crippen LogP contribution in [0.4, 0.5) is 14.5 Å². The number of hydrogen-bond acceptors (Lipinski definition) is 6. The quantitative estimate of drug-likeness (QED) is 0.259. The van der Waals surface area contributed by atoms with Gasteiger partial charge < -0.3 is 26.8 Å². The summed E-state index contributed by atoms with van der Waals surface area (Å²) in [5.41, 5.74) is 7.95. The molecule has 0 radical (unpaired) electrons. The van der Waals surface area contributed by atoms with E-state index in [0.717, 1.165) is 12.1 Å². The maximum Gasteiger partial charge on any atom is 0.251 e. The van der Waals surface area contributed by atoms with Crippen molar-refractivity contribution in [3.63, 3.8) is 0 Å². The van der Waals surface area contributed by atoms with E-state index in [1.54, 1.807) is 48.5 Å². The Morgan fingerprint density at radius 2 is 1.58 bits per heavy atom. The lowest BCUT2D eigenvalue weighted by atomic mass is 10.1. The third kappa shape index (κ3) is 8.31. The molecule has 0 aliphatic rings. The standard InChI is InChI=1S/C28H26F2N4O4.H2/c29-22-10-9-21(24(30)13-22)15-32-16-27(37)33-23-11-5-19(6-12-23)2-1-18-3-7-20(8-4-18)28(38)34-25(14-31)26(36)17-35;/h3-13,25,32,35H,14-17,31H2,(H,33,37)(H,34,38);1H/t25-;/m0./s1. The van der Waals surface area contributed by atoms with Gasteiger partial charge in [-0.3, -0.25) is 14.4 Å². The second-order valence-corrected chi connectivity index (χ2v) is 8.18. The molecule has 0 fully saturated rings. The molecule has 3 aromatic carbocycles. The fourth-order valence-corrected chi connectivity index (χ4v) is 3.29. The molecule has 0 saturated carbocycles. The largest absolute Gasteiger partial charge is 0.388 e. The number of nitrogens with two attached hydrogens (primary N) is 1. The number of anilines is 1. The average molecular weight is 523 g/mol. The van der Waals surface area contributed by atoms with E-state index in [0.29, 0.717) is 22.4 Å². The van der Waals surface area contributed by atoms with Gasteiger partial charge in [0.25, 0.3) is 5.91 Å². The van der Waals surface area contributed by atoms with E-state index < -0.39 is 36.0 Å². The minimum atomic E-state index is -0.956. The molecule has 3 aromatic rings. The topological polar surface area (TPSA) is 134 Å². The number of benzene rings is 3. The van der Waals surface area contributed by atoms with E-state index in [9.17, 15) is 23.2 Å². The second-order valence-electron chi connectivity index (χ2n) is 8.18. The molecule has 0 saturated heterocycles. The van der Waals surface area contributed by atoms with Gasteiger partial charge in [-0.15, -0.1) is 0 Å². The highest BCUT2D eigenvalue weighted by molar-refractivity contribution is 5.98. The predicted molar refractivity (Wildman–Crippen MR) is 140 cm³/mol. The van der Waals surface area contributed by atoms with Crippen molar-refractivity contribution in [2.75, 3.05) is 25.0 Å². The van der Waals surface area contributed by atoms with Crippen LogP contribution in [0.25, 0.3) is 0 Å². The third-order valence-electron chi connectivity index (χ3n) is 5.37. The number of rotatable bonds is 10. The van der Waals surface area contributed by atoms with Crippen LogP contribution in [0, 0.1) is 23.5 Å². The zero-order valence-corrected chi connectivity index (χ0v) is 20.3. The van der Waals surface area contributed by atoms with Crippen molar-refractivity contribution >= 4 is 23.3 Å². The lowest BCUT2D eigenvalue weighted by Gasteiger charge is -2.14. The van der Waals surface area contributed by atoms with Crippen LogP contribution in [0.1, 0.15) is 28.5 Å². The highest BCUT2D eigenvalue weighted by Gasteiger charge is 2.18. The summed E-state index contributed by atoms with van der Waals surface area (Å²) in [5, 5.41) is 16.9. The Labute approximate surface area is 219 Å². The number of aliphatic hydroxyl groups excluding tert-OH is 1. The van der Waals surface area contributed by atoms with Gasteiger partial charge in [-0.2, -0.15) is 0 Å². The number of ketones is 1. The first-order valence-electron chi connectivity index (χ1n) is 11.6. The maximum absolute atomic E-state index is 13.6. The SMILES string of the molecule is NC[C@H](NC(=O)c1ccc(C#Cc2ccc(NC(=O)CNCc3ccc(F)cc3F)cc2)cc1)C(=O)CO.[HH]. The van der Waals surface area contributed by atoms with Gasteiger partial charge in [-0.1, -0.05) is 17.9 Å². The number of carbonyl (C=O) groups is 3. The number of Topliss-reactive ketones (excluding diaryl/α,β-unsaturated/α-hetero) is 1. The fraction of sp³-hybridized carbons (Fsp3) is 0.179. The highest BCUT2D eigenvalue weighted by atomic mass is 19.1. The van der Waals surface area contributed by atoms with E-state index in [-0.39, 0.29) is 32.5 Å². The van der Waals surface area contributed by atoms with Gasteiger partial charge in [-0.05, 0) is 54.6 Å². The first kappa shape index (κ1) is 28.1. The Balaban J connectivity index is 0.00000533. The number of hydrogen-bond donors (Lipinski definition) is 5. The molecule has 3 rings (SSSR count). The molecule has 6 N–H and O–H groups in total. The van der Waals surface area contributed by atoms with Gasteiger partial charge in [0.1, 0.15) is 24.3 Å². The van der Waals surface area contributed by atoms with E-state index in [4.69, 9.17) is 10.8 Å². The summed E-state index contributed by atoms with van der Waals surface area (Å²) in [6, 6.07) is 15.6. The van der Waals surface area contributed by atoms with Crippen LogP contribution >= 0.6 is 0 Å². The summed E-state index contributed by atoms with van der Waals surface area (Å²) in [6.45, 7) is -0.802. The smallest absolute Gasteiger partial charge is 0.251 e. The monoisotopic (exact) mass is 522 g/mol. The number of nitrogens with one attached hydrogen (secondary N) is 3. The molecule has 198 valence electrons. The Kier molecular flexibility index (Phi) is 10.2. The van der Waals surface area contributed by atoms with Crippen molar-refractivity contribution in [3.8, 4) is 11.8 Å². The van der Waals surface area contributed by atoms with E-state index in [1.807, 2.05) is 0 Å². The van der Waals surface area contributed by atoms with Crippen molar-refractivity contribution in [1.82, 2.24) is 10.6 Å². The summed E-state index contributed by atoms with van der Waals surface area (Å²) in [4.78, 5) is 36.0. The molecular formula is C28H28F2N4O4. The number of amides is 2. The van der Waals surface area contributed by atoms with Crippen molar-refractivity contribution in [3.05, 3.63) is 101 Å². The molecule has 0 aliphatic heterocycles. The minimum Gasteiger partial charge on any atom is -0.388 e. The number of carbonyl (C=O) groups excluding carboxylic acids is 3. The van der Waals surface area contributed by atoms with Gasteiger partial charge in [0.15, 0.2) is 5.78 Å². The molecule has 0 unspecified atom stereocenters. The highest BCUT2D eigenvalue weighted by Crippen LogP contribution is 2.11. The molecular weight excluding hydrogens is 494 g/mol. The van der Waals surface area contributed by atoms with Gasteiger partial charge >= 0.3 is 0 Å². The lowest BCUT2D eigenvalue weighted by Crippen LogP contribution is -2.46. The van der Waals surface area contributed by atoms with Crippen molar-refractivity contribution in [1.29, 1.82) is 0 Å². The zero-order valence-electron chi connectivity index (χ0n) is 20.3. The Morgan fingerprint density at radius 3 is 2.16 bits per heavy atom. The van der Waals surface area contributed by atoms with Gasteiger partial charge in [-0.25, -0.2) is 8.78 Å². The Bertz CT molecular complexity index is 1360. The van der Waals surface area contributed by atoms with Crippen LogP contribution in [-0.4, -0.2) is 48.4 Å². The minimum absolute atomic E-state index is 0. The summed E-state index contributed by atoms with van der Waals surface area (Å²) >= 11 is 0. The summed E-state index contributed by atoms with van der Waals surface area (Å²) in [6.07, 6.45) is 0. The summed E-state index contributed by atoms with van der Waals surface area (Å²) in [5.74, 6) is 3.25. The third-order valence-corrected chi connectivity index (χ3v) is 5.37. The molecule has 1 atom stereocenters. The number of aliphatic hydroxyl groups is 1. The van der Waals surface area contributed by atoms with Crippen LogP contribution in [0.15, 0.2) is 66.7 Å². The summed E-state index contributed by atoms with van der Waals surface area (Å²) < 4.78 is 26.6. The first-order chi connectivity index (χ1) is 18.3. The number of halogens is 2. The predicted octanol–water partition coefficient (Wildman–Crippen LogP) is 1.96. The van der Waals surface area contributed by atoms with Crippen LogP contribution in [-0.2, 0) is 16.1 Å². The molecule has 0 heterocycles. The van der Waals surface area contributed by atoms with Crippen LogP contribution in [0.3, 0.4) is 0 Å². The summed E-state index contributed by atoms with van der Waals surface area (Å²) in [7, 11) is 0. The lowest BCUT2D eigenvalue weighted by molar-refractivity contribution is -0.123. The molecule has 0 spiro atoms. The van der Waals surface area contributed by atoms with Gasteiger partial charge in [0.05, 0.1) is 6.54 Å². The van der Waals surface area contributed by atoms with E-state index in [2.05, 4.69) is 27.8 Å². The molecule has 8 nitrogen and oxygen atoms in total. The molecule has 0 bridgehead atoms. The van der Waals surface area contributed by atoms with Crippen LogP contribution in [0.2, 0.25) is 0 Å². The van der Waals surface area contributed by atoms with Gasteiger partial charge in [0.2, 0.25) is 5.91 Å². The molecule has 10 heteroatoms. The normalized spacial score (nSPS) is 11.2. The van der Waals surface area contributed by atoms with Crippen molar-refractivity contribution < 1.29 is 29.7 Å². The Hall–Kier alpha value is -4.43. The molecule has 38 heavy (non-hydrogen) atoms. The fourth-order valence-electron chi connectivity index (χ4n) is 3.29. The van der Waals surface area contributed by atoms with Crippen molar-refractivity contribution in [2.45, 2.75) is 12.6 Å². The van der Waals surface area contributed by atoms with Crippen molar-refractivity contribution in [2.24, 2.45) is 5.73 Å². The van der Waals surface area contributed by atoms with Gasteiger partial charge in [0, 0.05) is 48.5 Å². The van der Waals surface area contributed by atoms with E-state index >= 15 is 0 Å². The maximum atomic E-state index is 13.6. The molecule has 0 aromatic heterocycles.